The number of amides is 2. The van der Waals surface area contributed by atoms with Gasteiger partial charge in [0.1, 0.15) is 0 Å². The quantitative estimate of drug-likeness (QED) is 0.645. The molecule has 0 saturated heterocycles. The highest BCUT2D eigenvalue weighted by Crippen LogP contribution is 2.22. The Morgan fingerprint density at radius 1 is 1.11 bits per heavy atom. The monoisotopic (exact) mass is 385 g/mol. The number of rotatable bonds is 8. The Balaban J connectivity index is 1.58. The molecule has 1 aliphatic rings. The number of anilines is 1. The van der Waals surface area contributed by atoms with Crippen molar-refractivity contribution in [3.63, 3.8) is 0 Å². The molecule has 0 radical (unpaired) electrons. The second-order valence-corrected chi connectivity index (χ2v) is 7.16. The molecule has 0 spiro atoms. The number of para-hydroxylation sites is 1. The van der Waals surface area contributed by atoms with E-state index in [4.69, 9.17) is 11.6 Å². The molecular weight excluding hydrogens is 362 g/mol. The van der Waals surface area contributed by atoms with E-state index >= 15 is 0 Å². The summed E-state index contributed by atoms with van der Waals surface area (Å²) in [4.78, 5) is 24.7. The summed E-state index contributed by atoms with van der Waals surface area (Å²) in [6.07, 6.45) is 2.84. The Morgan fingerprint density at radius 3 is 2.48 bits per heavy atom. The van der Waals surface area contributed by atoms with Crippen LogP contribution < -0.4 is 16.0 Å². The van der Waals surface area contributed by atoms with E-state index in [1.165, 1.54) is 0 Å². The van der Waals surface area contributed by atoms with Crippen LogP contribution in [-0.4, -0.2) is 24.4 Å². The van der Waals surface area contributed by atoms with Crippen molar-refractivity contribution in [2.24, 2.45) is 0 Å². The van der Waals surface area contributed by atoms with Crippen molar-refractivity contribution in [1.82, 2.24) is 10.6 Å². The fourth-order valence-electron chi connectivity index (χ4n) is 2.86. The molecule has 0 heterocycles. The maximum atomic E-state index is 12.4. The third kappa shape index (κ3) is 5.47. The normalized spacial score (nSPS) is 14.3. The number of carbonyl (C=O) groups is 2. The molecule has 3 rings (SSSR count). The van der Waals surface area contributed by atoms with Gasteiger partial charge in [0.25, 0.3) is 5.91 Å². The molecule has 2 aromatic carbocycles. The summed E-state index contributed by atoms with van der Waals surface area (Å²) in [5.41, 5.74) is 2.23. The zero-order chi connectivity index (χ0) is 19.2. The first kappa shape index (κ1) is 19.2. The van der Waals surface area contributed by atoms with Gasteiger partial charge >= 0.3 is 0 Å². The van der Waals surface area contributed by atoms with E-state index in [-0.39, 0.29) is 24.4 Å². The van der Waals surface area contributed by atoms with E-state index in [1.807, 2.05) is 49.4 Å². The van der Waals surface area contributed by atoms with Crippen LogP contribution in [-0.2, 0) is 4.79 Å². The Bertz CT molecular complexity index is 803. The highest BCUT2D eigenvalue weighted by molar-refractivity contribution is 6.30. The lowest BCUT2D eigenvalue weighted by Crippen LogP contribution is -2.33. The molecule has 1 atom stereocenters. The van der Waals surface area contributed by atoms with Gasteiger partial charge in [0.05, 0.1) is 18.2 Å². The SMILES string of the molecule is CCC(NC(=O)CNc1ccccc1C(=O)NC1CC1)c1ccc(Cl)cc1. The first-order valence-electron chi connectivity index (χ1n) is 9.25. The van der Waals surface area contributed by atoms with Gasteiger partial charge in [0.2, 0.25) is 5.91 Å². The highest BCUT2D eigenvalue weighted by atomic mass is 35.5. The fraction of sp³-hybridized carbons (Fsp3) is 0.333. The zero-order valence-electron chi connectivity index (χ0n) is 15.3. The van der Waals surface area contributed by atoms with Gasteiger partial charge in [-0.15, -0.1) is 0 Å². The Kier molecular flexibility index (Phi) is 6.35. The first-order chi connectivity index (χ1) is 13.1. The van der Waals surface area contributed by atoms with E-state index in [1.54, 1.807) is 6.07 Å². The molecule has 1 saturated carbocycles. The second kappa shape index (κ2) is 8.91. The van der Waals surface area contributed by atoms with Crippen LogP contribution >= 0.6 is 11.6 Å². The largest absolute Gasteiger partial charge is 0.376 e. The highest BCUT2D eigenvalue weighted by Gasteiger charge is 2.24. The van der Waals surface area contributed by atoms with Crippen LogP contribution in [0.1, 0.15) is 48.1 Å². The standard InChI is InChI=1S/C21H24ClN3O2/c1-2-18(14-7-9-15(22)10-8-14)25-20(26)13-23-19-6-4-3-5-17(19)21(27)24-16-11-12-16/h3-10,16,18,23H,2,11-13H2,1H3,(H,24,27)(H,25,26). The van der Waals surface area contributed by atoms with Crippen molar-refractivity contribution < 1.29 is 9.59 Å². The average molecular weight is 386 g/mol. The van der Waals surface area contributed by atoms with Gasteiger partial charge in [0.15, 0.2) is 0 Å². The van der Waals surface area contributed by atoms with Crippen molar-refractivity contribution >= 4 is 29.1 Å². The summed E-state index contributed by atoms with van der Waals surface area (Å²) >= 11 is 5.93. The van der Waals surface area contributed by atoms with Crippen LogP contribution in [0.15, 0.2) is 48.5 Å². The number of halogens is 1. The van der Waals surface area contributed by atoms with Crippen LogP contribution in [0, 0.1) is 0 Å². The molecule has 1 aliphatic carbocycles. The fourth-order valence-corrected chi connectivity index (χ4v) is 2.99. The molecule has 27 heavy (non-hydrogen) atoms. The maximum Gasteiger partial charge on any atom is 0.253 e. The molecule has 6 heteroatoms. The summed E-state index contributed by atoms with van der Waals surface area (Å²) in [5, 5.41) is 9.75. The molecule has 1 unspecified atom stereocenters. The van der Waals surface area contributed by atoms with Crippen LogP contribution in [0.4, 0.5) is 5.69 Å². The number of hydrogen-bond donors (Lipinski definition) is 3. The molecule has 142 valence electrons. The van der Waals surface area contributed by atoms with Crippen molar-refractivity contribution in [1.29, 1.82) is 0 Å². The molecule has 2 aromatic rings. The molecular formula is C21H24ClN3O2. The van der Waals surface area contributed by atoms with E-state index in [0.717, 1.165) is 24.8 Å². The van der Waals surface area contributed by atoms with Gasteiger partial charge in [0, 0.05) is 16.8 Å². The molecule has 0 aliphatic heterocycles. The van der Waals surface area contributed by atoms with Crippen LogP contribution in [0.3, 0.4) is 0 Å². The number of hydrogen-bond acceptors (Lipinski definition) is 3. The lowest BCUT2D eigenvalue weighted by molar-refractivity contribution is -0.120. The van der Waals surface area contributed by atoms with E-state index in [0.29, 0.717) is 22.3 Å². The minimum absolute atomic E-state index is 0.0787. The maximum absolute atomic E-state index is 12.4. The first-order valence-corrected chi connectivity index (χ1v) is 9.63. The molecule has 1 fully saturated rings. The lowest BCUT2D eigenvalue weighted by atomic mass is 10.0. The van der Waals surface area contributed by atoms with Gasteiger partial charge in [-0.2, -0.15) is 0 Å². The topological polar surface area (TPSA) is 70.2 Å². The third-order valence-electron chi connectivity index (χ3n) is 4.54. The van der Waals surface area contributed by atoms with Crippen LogP contribution in [0.25, 0.3) is 0 Å². The summed E-state index contributed by atoms with van der Waals surface area (Å²) in [5.74, 6) is -0.234. The molecule has 3 N–H and O–H groups in total. The summed E-state index contributed by atoms with van der Waals surface area (Å²) in [7, 11) is 0. The Morgan fingerprint density at radius 2 is 1.81 bits per heavy atom. The van der Waals surface area contributed by atoms with Crippen molar-refractivity contribution in [2.45, 2.75) is 38.3 Å². The van der Waals surface area contributed by atoms with Gasteiger partial charge in [-0.25, -0.2) is 0 Å². The van der Waals surface area contributed by atoms with E-state index in [9.17, 15) is 9.59 Å². The smallest absolute Gasteiger partial charge is 0.253 e. The number of nitrogens with one attached hydrogen (secondary N) is 3. The van der Waals surface area contributed by atoms with Gasteiger partial charge in [-0.05, 0) is 49.1 Å². The van der Waals surface area contributed by atoms with Crippen molar-refractivity contribution in [2.75, 3.05) is 11.9 Å². The van der Waals surface area contributed by atoms with Gasteiger partial charge < -0.3 is 16.0 Å². The van der Waals surface area contributed by atoms with Crippen LogP contribution in [0.5, 0.6) is 0 Å². The van der Waals surface area contributed by atoms with Gasteiger partial charge in [-0.1, -0.05) is 42.8 Å². The predicted molar refractivity (Wildman–Crippen MR) is 108 cm³/mol. The minimum atomic E-state index is -0.130. The molecule has 5 nitrogen and oxygen atoms in total. The Hall–Kier alpha value is -2.53. The van der Waals surface area contributed by atoms with Crippen LogP contribution in [0.2, 0.25) is 5.02 Å². The minimum Gasteiger partial charge on any atom is -0.376 e. The zero-order valence-corrected chi connectivity index (χ0v) is 16.1. The second-order valence-electron chi connectivity index (χ2n) is 6.73. The summed E-state index contributed by atoms with van der Waals surface area (Å²) in [6, 6.07) is 14.9. The van der Waals surface area contributed by atoms with Gasteiger partial charge in [-0.3, -0.25) is 9.59 Å². The van der Waals surface area contributed by atoms with Crippen molar-refractivity contribution in [3.05, 3.63) is 64.7 Å². The average Bonchev–Trinajstić information content (AvgIpc) is 3.49. The lowest BCUT2D eigenvalue weighted by Gasteiger charge is -2.18. The molecule has 2 amide bonds. The number of benzene rings is 2. The predicted octanol–water partition coefficient (Wildman–Crippen LogP) is 3.91. The van der Waals surface area contributed by atoms with E-state index < -0.39 is 0 Å². The summed E-state index contributed by atoms with van der Waals surface area (Å²) in [6.45, 7) is 2.11. The molecule has 0 aromatic heterocycles. The third-order valence-corrected chi connectivity index (χ3v) is 4.79. The Labute approximate surface area is 164 Å². The number of carbonyl (C=O) groups excluding carboxylic acids is 2. The van der Waals surface area contributed by atoms with Crippen molar-refractivity contribution in [3.8, 4) is 0 Å². The summed E-state index contributed by atoms with van der Waals surface area (Å²) < 4.78 is 0. The van der Waals surface area contributed by atoms with E-state index in [2.05, 4.69) is 16.0 Å². The molecule has 0 bridgehead atoms.